The zero-order chi connectivity index (χ0) is 20.3. The van der Waals surface area contributed by atoms with Crippen LogP contribution in [0.3, 0.4) is 0 Å². The Bertz CT molecular complexity index is 576. The lowest BCUT2D eigenvalue weighted by atomic mass is 9.91. The fourth-order valence-corrected chi connectivity index (χ4v) is 3.47. The van der Waals surface area contributed by atoms with Crippen molar-refractivity contribution >= 4 is 11.7 Å². The summed E-state index contributed by atoms with van der Waals surface area (Å²) >= 11 is 0. The topological polar surface area (TPSA) is 75.4 Å². The molecular weight excluding hydrogens is 338 g/mol. The average Bonchev–Trinajstić information content (AvgIpc) is 3.09. The van der Waals surface area contributed by atoms with Gasteiger partial charge in [-0.2, -0.15) is 0 Å². The van der Waals surface area contributed by atoms with Crippen molar-refractivity contribution in [3.05, 3.63) is 35.9 Å². The van der Waals surface area contributed by atoms with Crippen molar-refractivity contribution in [1.29, 1.82) is 0 Å². The first-order chi connectivity index (χ1) is 12.9. The molecule has 0 saturated carbocycles. The summed E-state index contributed by atoms with van der Waals surface area (Å²) in [5, 5.41) is 3.01. The first-order valence-corrected chi connectivity index (χ1v) is 10.2. The highest BCUT2D eigenvalue weighted by molar-refractivity contribution is 5.88. The number of nitrogens with one attached hydrogen (secondary N) is 1. The molecule has 1 aliphatic heterocycles. The Morgan fingerprint density at radius 2 is 1.93 bits per heavy atom. The van der Waals surface area contributed by atoms with Crippen LogP contribution in [0.4, 0.5) is 0 Å². The zero-order valence-electron chi connectivity index (χ0n) is 17.5. The number of benzene rings is 1. The Balaban J connectivity index is 0.000000387. The highest BCUT2D eigenvalue weighted by atomic mass is 16.2. The summed E-state index contributed by atoms with van der Waals surface area (Å²) in [5.74, 6) is 0.520. The number of nitrogens with two attached hydrogens (primary N) is 1. The number of rotatable bonds is 9. The smallest absolute Gasteiger partial charge is 0.240 e. The summed E-state index contributed by atoms with van der Waals surface area (Å²) in [6, 6.07) is 10.4. The fourth-order valence-electron chi connectivity index (χ4n) is 3.47. The van der Waals surface area contributed by atoms with E-state index in [-0.39, 0.29) is 29.7 Å². The van der Waals surface area contributed by atoms with Gasteiger partial charge in [0, 0.05) is 19.0 Å². The van der Waals surface area contributed by atoms with E-state index in [2.05, 4.69) is 48.3 Å². The minimum atomic E-state index is -0.300. The van der Waals surface area contributed by atoms with Gasteiger partial charge in [-0.25, -0.2) is 0 Å². The van der Waals surface area contributed by atoms with Crippen LogP contribution in [0.25, 0.3) is 0 Å². The van der Waals surface area contributed by atoms with Gasteiger partial charge in [0.1, 0.15) is 11.3 Å². The predicted molar refractivity (Wildman–Crippen MR) is 111 cm³/mol. The summed E-state index contributed by atoms with van der Waals surface area (Å²) in [6.07, 6.45) is 3.78. The van der Waals surface area contributed by atoms with Gasteiger partial charge in [0.2, 0.25) is 5.91 Å². The van der Waals surface area contributed by atoms with Crippen LogP contribution < -0.4 is 11.1 Å². The molecule has 0 bridgehead atoms. The van der Waals surface area contributed by atoms with Gasteiger partial charge in [-0.15, -0.1) is 0 Å². The summed E-state index contributed by atoms with van der Waals surface area (Å²) < 4.78 is 0. The molecule has 2 unspecified atom stereocenters. The van der Waals surface area contributed by atoms with E-state index in [0.29, 0.717) is 0 Å². The van der Waals surface area contributed by atoms with E-state index in [4.69, 9.17) is 5.73 Å². The molecule has 1 aromatic rings. The van der Waals surface area contributed by atoms with Crippen LogP contribution in [0.5, 0.6) is 0 Å². The quantitative estimate of drug-likeness (QED) is 0.695. The van der Waals surface area contributed by atoms with Gasteiger partial charge in [-0.3, -0.25) is 14.5 Å². The molecule has 1 fully saturated rings. The minimum absolute atomic E-state index is 0.153. The van der Waals surface area contributed by atoms with E-state index in [0.717, 1.165) is 45.3 Å². The van der Waals surface area contributed by atoms with Crippen LogP contribution in [-0.2, 0) is 16.1 Å². The number of carbonyl (C=O) groups excluding carboxylic acids is 2. The standard InChI is InChI=1S/C16H24N2O.C6H13NO/c1-3-12-18(13-14-8-6-5-7-9-14)16(4-2)10-11-17-15(16)19;1-3-5(2)6(8)4-7/h5-9H,3-4,10-13H2,1-2H3,(H,17,19);5H,3-4,7H2,1-2H3. The lowest BCUT2D eigenvalue weighted by Crippen LogP contribution is -2.53. The van der Waals surface area contributed by atoms with Crippen molar-refractivity contribution in [1.82, 2.24) is 10.2 Å². The minimum Gasteiger partial charge on any atom is -0.354 e. The highest BCUT2D eigenvalue weighted by Crippen LogP contribution is 2.30. The van der Waals surface area contributed by atoms with Crippen molar-refractivity contribution in [2.45, 2.75) is 65.5 Å². The largest absolute Gasteiger partial charge is 0.354 e. The highest BCUT2D eigenvalue weighted by Gasteiger charge is 2.45. The molecule has 1 aliphatic rings. The lowest BCUT2D eigenvalue weighted by molar-refractivity contribution is -0.130. The Morgan fingerprint density at radius 1 is 1.26 bits per heavy atom. The van der Waals surface area contributed by atoms with Crippen molar-refractivity contribution in [3.63, 3.8) is 0 Å². The average molecular weight is 376 g/mol. The van der Waals surface area contributed by atoms with E-state index in [1.54, 1.807) is 0 Å². The van der Waals surface area contributed by atoms with E-state index in [1.165, 1.54) is 5.56 Å². The van der Waals surface area contributed by atoms with Crippen molar-refractivity contribution in [2.75, 3.05) is 19.6 Å². The first kappa shape index (κ1) is 23.3. The van der Waals surface area contributed by atoms with Gasteiger partial charge in [0.25, 0.3) is 0 Å². The number of nitrogens with zero attached hydrogens (tertiary/aromatic N) is 1. The van der Waals surface area contributed by atoms with Crippen molar-refractivity contribution in [3.8, 4) is 0 Å². The Labute approximate surface area is 164 Å². The second kappa shape index (κ2) is 11.9. The maximum absolute atomic E-state index is 12.3. The van der Waals surface area contributed by atoms with Gasteiger partial charge in [-0.1, -0.05) is 58.0 Å². The monoisotopic (exact) mass is 375 g/mol. The molecule has 0 spiro atoms. The second-order valence-corrected chi connectivity index (χ2v) is 7.28. The van der Waals surface area contributed by atoms with Gasteiger partial charge < -0.3 is 11.1 Å². The number of hydrogen-bond donors (Lipinski definition) is 2. The summed E-state index contributed by atoms with van der Waals surface area (Å²) in [5.41, 5.74) is 6.08. The van der Waals surface area contributed by atoms with Gasteiger partial charge in [0.15, 0.2) is 0 Å². The van der Waals surface area contributed by atoms with Gasteiger partial charge in [-0.05, 0) is 37.8 Å². The molecule has 152 valence electrons. The molecule has 5 nitrogen and oxygen atoms in total. The molecule has 0 aromatic heterocycles. The third kappa shape index (κ3) is 6.43. The molecule has 1 amide bonds. The molecule has 5 heteroatoms. The molecule has 1 saturated heterocycles. The molecule has 3 N–H and O–H groups in total. The number of ketones is 1. The van der Waals surface area contributed by atoms with E-state index in [9.17, 15) is 9.59 Å². The van der Waals surface area contributed by atoms with E-state index < -0.39 is 0 Å². The first-order valence-electron chi connectivity index (χ1n) is 10.2. The SMILES string of the molecule is CCC(C)C(=O)CN.CCCN(Cc1ccccc1)C1(CC)CCNC1=O. The van der Waals surface area contributed by atoms with Crippen molar-refractivity contribution < 1.29 is 9.59 Å². The second-order valence-electron chi connectivity index (χ2n) is 7.28. The molecule has 2 rings (SSSR count). The number of carbonyl (C=O) groups is 2. The lowest BCUT2D eigenvalue weighted by Gasteiger charge is -2.38. The molecule has 27 heavy (non-hydrogen) atoms. The van der Waals surface area contributed by atoms with Gasteiger partial charge in [0.05, 0.1) is 6.54 Å². The van der Waals surface area contributed by atoms with Crippen LogP contribution in [0, 0.1) is 5.92 Å². The maximum Gasteiger partial charge on any atom is 0.240 e. The van der Waals surface area contributed by atoms with Gasteiger partial charge >= 0.3 is 0 Å². The Kier molecular flexibility index (Phi) is 10.3. The third-order valence-electron chi connectivity index (χ3n) is 5.51. The van der Waals surface area contributed by atoms with E-state index >= 15 is 0 Å². The molecule has 1 heterocycles. The maximum atomic E-state index is 12.3. The normalized spacial score (nSPS) is 20.0. The van der Waals surface area contributed by atoms with Crippen molar-refractivity contribution in [2.24, 2.45) is 11.7 Å². The van der Waals surface area contributed by atoms with Crippen LogP contribution >= 0.6 is 0 Å². The van der Waals surface area contributed by atoms with Crippen LogP contribution in [0.2, 0.25) is 0 Å². The summed E-state index contributed by atoms with van der Waals surface area (Å²) in [6.45, 7) is 11.0. The number of Topliss-reactive ketones (excluding diaryl/α,β-unsaturated/α-hetero) is 1. The van der Waals surface area contributed by atoms with E-state index in [1.807, 2.05) is 19.9 Å². The van der Waals surface area contributed by atoms with Crippen LogP contribution in [-0.4, -0.2) is 41.8 Å². The Hall–Kier alpha value is -1.72. The zero-order valence-corrected chi connectivity index (χ0v) is 17.5. The molecule has 2 atom stereocenters. The van der Waals surface area contributed by atoms with Crippen LogP contribution in [0.15, 0.2) is 30.3 Å². The fraction of sp³-hybridized carbons (Fsp3) is 0.636. The number of hydrogen-bond acceptors (Lipinski definition) is 4. The third-order valence-corrected chi connectivity index (χ3v) is 5.51. The number of amides is 1. The molecular formula is C22H37N3O2. The van der Waals surface area contributed by atoms with Crippen LogP contribution in [0.1, 0.15) is 58.9 Å². The summed E-state index contributed by atoms with van der Waals surface area (Å²) in [7, 11) is 0. The predicted octanol–water partition coefficient (Wildman–Crippen LogP) is 3.13. The summed E-state index contributed by atoms with van der Waals surface area (Å²) in [4.78, 5) is 25.3. The molecule has 1 aromatic carbocycles. The molecule has 0 aliphatic carbocycles. The Morgan fingerprint density at radius 3 is 2.33 bits per heavy atom. The molecule has 0 radical (unpaired) electrons.